The molecule has 8 heteroatoms. The summed E-state index contributed by atoms with van der Waals surface area (Å²) < 4.78 is 10.5. The highest BCUT2D eigenvalue weighted by molar-refractivity contribution is 7.98. The fourth-order valence-corrected chi connectivity index (χ4v) is 3.66. The van der Waals surface area contributed by atoms with Gasteiger partial charge in [0, 0.05) is 11.8 Å². The molecule has 6 nitrogen and oxygen atoms in total. The molecule has 0 radical (unpaired) electrons. The summed E-state index contributed by atoms with van der Waals surface area (Å²) in [5.74, 6) is 1.32. The Morgan fingerprint density at radius 3 is 2.69 bits per heavy atom. The van der Waals surface area contributed by atoms with Crippen LogP contribution in [0.5, 0.6) is 11.5 Å². The number of aryl methyl sites for hydroxylation is 1. The second kappa shape index (κ2) is 9.62. The molecule has 1 heterocycles. The lowest BCUT2D eigenvalue weighted by atomic mass is 10.1. The molecule has 2 aromatic carbocycles. The van der Waals surface area contributed by atoms with Crippen molar-refractivity contribution in [2.75, 3.05) is 19.5 Å². The van der Waals surface area contributed by atoms with Crippen molar-refractivity contribution < 1.29 is 14.3 Å². The Morgan fingerprint density at radius 2 is 1.97 bits per heavy atom. The van der Waals surface area contributed by atoms with E-state index >= 15 is 0 Å². The number of carbonyl (C=O) groups excluding carboxylic acids is 1. The minimum Gasteiger partial charge on any atom is -0.497 e. The van der Waals surface area contributed by atoms with Gasteiger partial charge in [0.05, 0.1) is 31.1 Å². The van der Waals surface area contributed by atoms with Gasteiger partial charge < -0.3 is 14.8 Å². The molecular weight excluding hydrogens is 410 g/mol. The summed E-state index contributed by atoms with van der Waals surface area (Å²) in [6.45, 7) is 2.05. The van der Waals surface area contributed by atoms with E-state index in [4.69, 9.17) is 21.1 Å². The lowest BCUT2D eigenvalue weighted by molar-refractivity contribution is 0.102. The topological polar surface area (TPSA) is 73.3 Å². The van der Waals surface area contributed by atoms with Crippen LogP contribution in [0.2, 0.25) is 5.02 Å². The van der Waals surface area contributed by atoms with Gasteiger partial charge in [-0.3, -0.25) is 4.79 Å². The second-order valence-electron chi connectivity index (χ2n) is 6.08. The lowest BCUT2D eigenvalue weighted by Gasteiger charge is -2.12. The van der Waals surface area contributed by atoms with E-state index in [-0.39, 0.29) is 10.7 Å². The number of benzene rings is 2. The number of thioether (sulfide) groups is 1. The first kappa shape index (κ1) is 21.0. The maximum Gasteiger partial charge on any atom is 0.276 e. The first-order valence-corrected chi connectivity index (χ1v) is 10.1. The number of aromatic nitrogens is 2. The number of methoxy groups -OCH3 is 2. The zero-order valence-corrected chi connectivity index (χ0v) is 17.8. The molecule has 0 aliphatic carbocycles. The van der Waals surface area contributed by atoms with Gasteiger partial charge in [-0.05, 0) is 30.2 Å². The number of nitrogens with zero attached hydrogens (tertiary/aromatic N) is 2. The molecule has 3 rings (SSSR count). The van der Waals surface area contributed by atoms with Gasteiger partial charge in [-0.25, -0.2) is 9.97 Å². The van der Waals surface area contributed by atoms with Crippen LogP contribution in [0.4, 0.5) is 5.69 Å². The van der Waals surface area contributed by atoms with Crippen LogP contribution >= 0.6 is 23.4 Å². The molecule has 0 fully saturated rings. The monoisotopic (exact) mass is 429 g/mol. The Morgan fingerprint density at radius 1 is 1.17 bits per heavy atom. The molecule has 0 unspecified atom stereocenters. The number of hydrogen-bond acceptors (Lipinski definition) is 6. The van der Waals surface area contributed by atoms with Gasteiger partial charge in [0.25, 0.3) is 5.91 Å². The Bertz CT molecular complexity index is 1030. The number of halogens is 1. The van der Waals surface area contributed by atoms with Crippen LogP contribution in [-0.4, -0.2) is 30.1 Å². The van der Waals surface area contributed by atoms with Crippen molar-refractivity contribution in [1.82, 2.24) is 9.97 Å². The average molecular weight is 430 g/mol. The lowest BCUT2D eigenvalue weighted by Crippen LogP contribution is -2.16. The SMILES string of the molecule is COc1ccc(OC)c(NC(=O)c2nc(SCc3ccccc3C)ncc2Cl)c1. The maximum absolute atomic E-state index is 12.8. The Balaban J connectivity index is 1.79. The molecule has 0 atom stereocenters. The van der Waals surface area contributed by atoms with Crippen LogP contribution in [0.25, 0.3) is 0 Å². The van der Waals surface area contributed by atoms with E-state index in [1.165, 1.54) is 36.2 Å². The molecule has 1 N–H and O–H groups in total. The third kappa shape index (κ3) is 5.19. The summed E-state index contributed by atoms with van der Waals surface area (Å²) in [6.07, 6.45) is 1.44. The normalized spacial score (nSPS) is 10.5. The molecule has 0 aliphatic heterocycles. The average Bonchev–Trinajstić information content (AvgIpc) is 2.74. The standard InChI is InChI=1S/C21H20ClN3O3S/c1-13-6-4-5-7-14(13)12-29-21-23-11-16(22)19(25-21)20(26)24-17-10-15(27-2)8-9-18(17)28-3/h4-11H,12H2,1-3H3,(H,24,26). The van der Waals surface area contributed by atoms with Gasteiger partial charge in [-0.2, -0.15) is 0 Å². The Kier molecular flexibility index (Phi) is 6.95. The van der Waals surface area contributed by atoms with Crippen molar-refractivity contribution in [1.29, 1.82) is 0 Å². The van der Waals surface area contributed by atoms with Crippen molar-refractivity contribution in [3.8, 4) is 11.5 Å². The van der Waals surface area contributed by atoms with Gasteiger partial charge in [-0.1, -0.05) is 47.6 Å². The molecule has 0 saturated carbocycles. The second-order valence-corrected chi connectivity index (χ2v) is 7.43. The molecule has 0 bridgehead atoms. The fourth-order valence-electron chi connectivity index (χ4n) is 2.59. The summed E-state index contributed by atoms with van der Waals surface area (Å²) in [5, 5.41) is 3.42. The number of anilines is 1. The number of hydrogen-bond donors (Lipinski definition) is 1. The van der Waals surface area contributed by atoms with Gasteiger partial charge in [0.2, 0.25) is 0 Å². The molecule has 0 saturated heterocycles. The number of rotatable bonds is 7. The first-order valence-electron chi connectivity index (χ1n) is 8.75. The highest BCUT2D eigenvalue weighted by Gasteiger charge is 2.17. The zero-order chi connectivity index (χ0) is 20.8. The minimum absolute atomic E-state index is 0.0961. The summed E-state index contributed by atoms with van der Waals surface area (Å²) in [5.41, 5.74) is 2.93. The van der Waals surface area contributed by atoms with Crippen LogP contribution in [0.1, 0.15) is 21.6 Å². The first-order chi connectivity index (χ1) is 14.0. The van der Waals surface area contributed by atoms with E-state index in [0.717, 1.165) is 0 Å². The number of nitrogens with one attached hydrogen (secondary N) is 1. The summed E-state index contributed by atoms with van der Waals surface area (Å²) in [4.78, 5) is 21.4. The largest absolute Gasteiger partial charge is 0.497 e. The zero-order valence-electron chi connectivity index (χ0n) is 16.2. The summed E-state index contributed by atoms with van der Waals surface area (Å²) >= 11 is 7.62. The van der Waals surface area contributed by atoms with E-state index in [1.54, 1.807) is 25.3 Å². The minimum atomic E-state index is -0.457. The predicted octanol–water partition coefficient (Wildman–Crippen LogP) is 5.00. The van der Waals surface area contributed by atoms with Crippen LogP contribution in [0.15, 0.2) is 53.8 Å². The van der Waals surface area contributed by atoms with Crippen LogP contribution in [-0.2, 0) is 5.75 Å². The Labute approximate surface area is 178 Å². The van der Waals surface area contributed by atoms with Gasteiger partial charge >= 0.3 is 0 Å². The number of carbonyl (C=O) groups is 1. The van der Waals surface area contributed by atoms with E-state index in [2.05, 4.69) is 34.3 Å². The van der Waals surface area contributed by atoms with Crippen LogP contribution < -0.4 is 14.8 Å². The van der Waals surface area contributed by atoms with E-state index in [1.807, 2.05) is 12.1 Å². The summed E-state index contributed by atoms with van der Waals surface area (Å²) in [7, 11) is 3.07. The quantitative estimate of drug-likeness (QED) is 0.421. The van der Waals surface area contributed by atoms with Crippen LogP contribution in [0, 0.1) is 6.92 Å². The molecule has 150 valence electrons. The molecule has 1 amide bonds. The van der Waals surface area contributed by atoms with Crippen molar-refractivity contribution in [2.24, 2.45) is 0 Å². The molecule has 29 heavy (non-hydrogen) atoms. The van der Waals surface area contributed by atoms with Gasteiger partial charge in [0.1, 0.15) is 11.5 Å². The van der Waals surface area contributed by atoms with Gasteiger partial charge in [-0.15, -0.1) is 0 Å². The maximum atomic E-state index is 12.8. The predicted molar refractivity (Wildman–Crippen MR) is 115 cm³/mol. The van der Waals surface area contributed by atoms with E-state index < -0.39 is 5.91 Å². The van der Waals surface area contributed by atoms with Crippen LogP contribution in [0.3, 0.4) is 0 Å². The molecule has 0 aliphatic rings. The van der Waals surface area contributed by atoms with Crippen molar-refractivity contribution in [3.63, 3.8) is 0 Å². The third-order valence-electron chi connectivity index (χ3n) is 4.21. The molecule has 0 spiro atoms. The summed E-state index contributed by atoms with van der Waals surface area (Å²) in [6, 6.07) is 13.2. The molecule has 3 aromatic rings. The van der Waals surface area contributed by atoms with Gasteiger partial charge in [0.15, 0.2) is 10.9 Å². The van der Waals surface area contributed by atoms with Crippen molar-refractivity contribution >= 4 is 35.0 Å². The highest BCUT2D eigenvalue weighted by atomic mass is 35.5. The van der Waals surface area contributed by atoms with E-state index in [0.29, 0.717) is 28.1 Å². The number of ether oxygens (including phenoxy) is 2. The van der Waals surface area contributed by atoms with Crippen molar-refractivity contribution in [3.05, 3.63) is 70.5 Å². The van der Waals surface area contributed by atoms with Crippen molar-refractivity contribution in [2.45, 2.75) is 17.8 Å². The van der Waals surface area contributed by atoms with E-state index in [9.17, 15) is 4.79 Å². The number of amides is 1. The Hall–Kier alpha value is -2.77. The molecular formula is C21H20ClN3O3S. The highest BCUT2D eigenvalue weighted by Crippen LogP contribution is 2.30. The molecule has 1 aromatic heterocycles. The third-order valence-corrected chi connectivity index (χ3v) is 5.40. The smallest absolute Gasteiger partial charge is 0.276 e. The fraction of sp³-hybridized carbons (Fsp3) is 0.190.